The molecule has 1 atom stereocenters. The van der Waals surface area contributed by atoms with E-state index in [0.29, 0.717) is 13.1 Å². The highest BCUT2D eigenvalue weighted by Crippen LogP contribution is 2.46. The van der Waals surface area contributed by atoms with Crippen molar-refractivity contribution < 1.29 is 17.9 Å². The summed E-state index contributed by atoms with van der Waals surface area (Å²) in [5, 5.41) is 0. The van der Waals surface area contributed by atoms with Gasteiger partial charge in [-0.3, -0.25) is 4.79 Å². The van der Waals surface area contributed by atoms with E-state index in [2.05, 4.69) is 0 Å². The molecule has 2 saturated heterocycles. The van der Waals surface area contributed by atoms with Gasteiger partial charge in [-0.15, -0.1) is 11.8 Å². The molecule has 0 N–H and O–H groups in total. The minimum absolute atomic E-state index is 0.00801. The third-order valence-electron chi connectivity index (χ3n) is 3.80. The second-order valence-electron chi connectivity index (χ2n) is 5.59. The van der Waals surface area contributed by atoms with Crippen LogP contribution < -0.4 is 0 Å². The van der Waals surface area contributed by atoms with Gasteiger partial charge < -0.3 is 9.64 Å². The summed E-state index contributed by atoms with van der Waals surface area (Å²) in [4.78, 5) is 13.0. The van der Waals surface area contributed by atoms with E-state index in [9.17, 15) is 13.2 Å². The monoisotopic (exact) mass is 322 g/mol. The first-order chi connectivity index (χ1) is 9.28. The van der Waals surface area contributed by atoms with Gasteiger partial charge in [0.1, 0.15) is 6.61 Å². The summed E-state index contributed by atoms with van der Waals surface area (Å²) in [6, 6.07) is 0. The van der Waals surface area contributed by atoms with Crippen molar-refractivity contribution >= 4 is 27.7 Å². The van der Waals surface area contributed by atoms with Crippen molar-refractivity contribution in [3.05, 3.63) is 0 Å². The molecule has 2 aliphatic heterocycles. The summed E-state index contributed by atoms with van der Waals surface area (Å²) in [5.41, 5.74) is 0. The summed E-state index contributed by atoms with van der Waals surface area (Å²) in [5.74, 6) is 0.950. The molecule has 0 radical (unpaired) electrons. The number of hydrogen-bond donors (Lipinski definition) is 0. The Hall–Kier alpha value is -0.310. The average molecular weight is 322 g/mol. The lowest BCUT2D eigenvalue weighted by Crippen LogP contribution is -2.60. The molecule has 1 amide bonds. The molecule has 6 nitrogen and oxygen atoms in total. The minimum Gasteiger partial charge on any atom is -0.367 e. The van der Waals surface area contributed by atoms with Crippen molar-refractivity contribution in [2.24, 2.45) is 0 Å². The maximum atomic E-state index is 11.7. The lowest BCUT2D eigenvalue weighted by atomic mass is 9.95. The molecule has 2 rings (SSSR count). The first kappa shape index (κ1) is 16.1. The Morgan fingerprint density at radius 3 is 2.65 bits per heavy atom. The van der Waals surface area contributed by atoms with Gasteiger partial charge in [-0.05, 0) is 13.3 Å². The van der Waals surface area contributed by atoms with Crippen LogP contribution in [0.25, 0.3) is 0 Å². The Kier molecular flexibility index (Phi) is 4.68. The smallest absolute Gasteiger partial charge is 0.248 e. The van der Waals surface area contributed by atoms with Crippen molar-refractivity contribution in [1.29, 1.82) is 0 Å². The minimum atomic E-state index is -3.06. The number of nitrogens with zero attached hydrogens (tertiary/aromatic N) is 2. The second-order valence-corrected chi connectivity index (χ2v) is 9.33. The number of carbonyl (C=O) groups excluding carboxylic acids is 1. The number of rotatable bonds is 5. The number of carbonyl (C=O) groups is 1. The largest absolute Gasteiger partial charge is 0.367 e. The van der Waals surface area contributed by atoms with E-state index in [1.807, 2.05) is 0 Å². The van der Waals surface area contributed by atoms with Crippen molar-refractivity contribution in [2.45, 2.75) is 24.2 Å². The molecule has 0 bridgehead atoms. The van der Waals surface area contributed by atoms with Crippen LogP contribution in [-0.4, -0.2) is 79.7 Å². The van der Waals surface area contributed by atoms with E-state index < -0.39 is 10.0 Å². The van der Waals surface area contributed by atoms with Crippen molar-refractivity contribution in [3.8, 4) is 0 Å². The van der Waals surface area contributed by atoms with E-state index in [1.165, 1.54) is 4.90 Å². The van der Waals surface area contributed by atoms with Gasteiger partial charge in [0.25, 0.3) is 0 Å². The number of hydrogen-bond acceptors (Lipinski definition) is 5. The number of sulfonamides is 1. The zero-order valence-electron chi connectivity index (χ0n) is 12.2. The summed E-state index contributed by atoms with van der Waals surface area (Å²) < 4.78 is 30.6. The predicted molar refractivity (Wildman–Crippen MR) is 79.3 cm³/mol. The molecule has 2 aliphatic rings. The Morgan fingerprint density at radius 1 is 1.45 bits per heavy atom. The molecule has 20 heavy (non-hydrogen) atoms. The van der Waals surface area contributed by atoms with Crippen LogP contribution in [0.4, 0.5) is 0 Å². The molecule has 2 fully saturated rings. The lowest BCUT2D eigenvalue weighted by molar-refractivity contribution is -0.135. The van der Waals surface area contributed by atoms with Crippen molar-refractivity contribution in [3.63, 3.8) is 0 Å². The Morgan fingerprint density at radius 2 is 2.10 bits per heavy atom. The highest BCUT2D eigenvalue weighted by Gasteiger charge is 2.52. The lowest BCUT2D eigenvalue weighted by Gasteiger charge is -2.46. The quantitative estimate of drug-likeness (QED) is 0.713. The normalized spacial score (nSPS) is 25.6. The van der Waals surface area contributed by atoms with Crippen LogP contribution >= 0.6 is 11.8 Å². The van der Waals surface area contributed by atoms with Crippen LogP contribution in [0.15, 0.2) is 0 Å². The number of amides is 1. The van der Waals surface area contributed by atoms with E-state index in [0.717, 1.165) is 12.2 Å². The summed E-state index contributed by atoms with van der Waals surface area (Å²) >= 11 is 1.77. The third-order valence-corrected chi connectivity index (χ3v) is 7.15. The maximum Gasteiger partial charge on any atom is 0.248 e. The molecule has 1 spiro atoms. The molecule has 8 heteroatoms. The molecule has 0 aliphatic carbocycles. The van der Waals surface area contributed by atoms with Crippen LogP contribution in [0.2, 0.25) is 0 Å². The van der Waals surface area contributed by atoms with Crippen LogP contribution in [0.3, 0.4) is 0 Å². The van der Waals surface area contributed by atoms with Crippen molar-refractivity contribution in [2.75, 3.05) is 45.3 Å². The summed E-state index contributed by atoms with van der Waals surface area (Å²) in [6.45, 7) is 2.93. The van der Waals surface area contributed by atoms with Gasteiger partial charge in [0.05, 0.1) is 11.9 Å². The molecule has 0 unspecified atom stereocenters. The average Bonchev–Trinajstić information content (AvgIpc) is 2.78. The highest BCUT2D eigenvalue weighted by atomic mass is 32.2. The molecule has 116 valence electrons. The van der Waals surface area contributed by atoms with Crippen LogP contribution in [0.1, 0.15) is 13.3 Å². The number of ether oxygens (including phenoxy) is 1. The number of likely N-dealkylation sites (N-methyl/N-ethyl adjacent to an activating group) is 1. The van der Waals surface area contributed by atoms with Gasteiger partial charge >= 0.3 is 0 Å². The third kappa shape index (κ3) is 3.29. The molecule has 0 aromatic carbocycles. The van der Waals surface area contributed by atoms with Crippen LogP contribution in [0, 0.1) is 0 Å². The maximum absolute atomic E-state index is 11.7. The fourth-order valence-corrected chi connectivity index (χ4v) is 5.39. The fraction of sp³-hybridized carbons (Fsp3) is 0.917. The highest BCUT2D eigenvalue weighted by molar-refractivity contribution is 8.01. The van der Waals surface area contributed by atoms with Crippen LogP contribution in [-0.2, 0) is 19.6 Å². The second kappa shape index (κ2) is 5.82. The van der Waals surface area contributed by atoms with Crippen molar-refractivity contribution in [1.82, 2.24) is 9.21 Å². The van der Waals surface area contributed by atoms with Gasteiger partial charge in [0.2, 0.25) is 15.9 Å². The van der Waals surface area contributed by atoms with Gasteiger partial charge in [0.15, 0.2) is 0 Å². The summed E-state index contributed by atoms with van der Waals surface area (Å²) in [6.07, 6.45) is 0.879. The predicted octanol–water partition coefficient (Wildman–Crippen LogP) is 0.000800. The SMILES string of the molecule is CCS(=O)(=O)N1CC2(C[C@@H](OCC(=O)N(C)C)CS2)C1. The van der Waals surface area contributed by atoms with Crippen LogP contribution in [0.5, 0.6) is 0 Å². The molecular formula is C12H22N2O4S2. The first-order valence-electron chi connectivity index (χ1n) is 6.71. The molecular weight excluding hydrogens is 300 g/mol. The van der Waals surface area contributed by atoms with Gasteiger partial charge in [-0.2, -0.15) is 4.31 Å². The molecule has 2 heterocycles. The zero-order chi connectivity index (χ0) is 15.0. The topological polar surface area (TPSA) is 66.9 Å². The Labute approximate surface area is 124 Å². The zero-order valence-corrected chi connectivity index (χ0v) is 13.8. The number of thioether (sulfide) groups is 1. The summed E-state index contributed by atoms with van der Waals surface area (Å²) in [7, 11) is 0.348. The van der Waals surface area contributed by atoms with E-state index in [-0.39, 0.29) is 29.1 Å². The fourth-order valence-electron chi connectivity index (χ4n) is 2.42. The standard InChI is InChI=1S/C12H22N2O4S2/c1-4-20(16,17)14-8-12(9-14)5-10(7-19-12)18-6-11(15)13(2)3/h10H,4-9H2,1-3H3/t10-/m1/s1. The molecule has 0 saturated carbocycles. The van der Waals surface area contributed by atoms with E-state index >= 15 is 0 Å². The Bertz CT molecular complexity index is 472. The van der Waals surface area contributed by atoms with E-state index in [1.54, 1.807) is 37.1 Å². The van der Waals surface area contributed by atoms with Gasteiger partial charge in [-0.25, -0.2) is 8.42 Å². The van der Waals surface area contributed by atoms with E-state index in [4.69, 9.17) is 4.74 Å². The first-order valence-corrected chi connectivity index (χ1v) is 9.31. The van der Waals surface area contributed by atoms with Gasteiger partial charge in [0, 0.05) is 37.7 Å². The Balaban J connectivity index is 1.79. The molecule has 0 aromatic rings. The molecule has 0 aromatic heterocycles. The van der Waals surface area contributed by atoms with Gasteiger partial charge in [-0.1, -0.05) is 0 Å².